The monoisotopic (exact) mass is 303 g/mol. The zero-order chi connectivity index (χ0) is 15.1. The summed E-state index contributed by atoms with van der Waals surface area (Å²) in [6.07, 6.45) is 8.02. The number of nitrogens with zero attached hydrogens (tertiary/aromatic N) is 2. The molecule has 5 atom stereocenters. The number of nitrogens with one attached hydrogen (secondary N) is 1. The molecule has 0 aromatic carbocycles. The molecule has 2 aliphatic heterocycles. The van der Waals surface area contributed by atoms with Crippen LogP contribution in [0.2, 0.25) is 0 Å². The molecule has 2 saturated heterocycles. The first-order chi connectivity index (χ1) is 10.5. The van der Waals surface area contributed by atoms with E-state index in [2.05, 4.69) is 4.90 Å². The van der Waals surface area contributed by atoms with Gasteiger partial charge in [-0.1, -0.05) is 0 Å². The fraction of sp³-hybridized carbons (Fsp3) is 0.882. The number of carbonyl (C=O) groups is 1. The summed E-state index contributed by atoms with van der Waals surface area (Å²) in [7, 11) is 0. The summed E-state index contributed by atoms with van der Waals surface area (Å²) in [6, 6.07) is 0.00361. The normalized spacial score (nSPS) is 50.0. The van der Waals surface area contributed by atoms with Crippen LogP contribution < -0.4 is 0 Å². The Balaban J connectivity index is 1.51. The van der Waals surface area contributed by atoms with Crippen LogP contribution in [0, 0.1) is 17.2 Å². The highest BCUT2D eigenvalue weighted by Gasteiger charge is 2.61. The van der Waals surface area contributed by atoms with E-state index < -0.39 is 5.60 Å². The summed E-state index contributed by atoms with van der Waals surface area (Å²) in [5.74, 6) is 2.04. The van der Waals surface area contributed by atoms with E-state index >= 15 is 0 Å². The molecule has 6 aliphatic rings. The Labute approximate surface area is 131 Å². The summed E-state index contributed by atoms with van der Waals surface area (Å²) in [4.78, 5) is 16.6. The molecule has 4 aliphatic carbocycles. The number of fused-ring (bicyclic) bond motifs is 1. The van der Waals surface area contributed by atoms with Crippen LogP contribution in [0.1, 0.15) is 51.4 Å². The van der Waals surface area contributed by atoms with Gasteiger partial charge in [0.15, 0.2) is 0 Å². The second-order valence-electron chi connectivity index (χ2n) is 8.63. The molecule has 2 unspecified atom stereocenters. The molecular weight excluding hydrogens is 278 g/mol. The topological polar surface area (TPSA) is 67.6 Å². The third kappa shape index (κ3) is 1.63. The second kappa shape index (κ2) is 4.05. The van der Waals surface area contributed by atoms with Crippen LogP contribution in [0.25, 0.3) is 0 Å². The molecule has 5 nitrogen and oxygen atoms in total. The lowest BCUT2D eigenvalue weighted by Gasteiger charge is -2.64. The van der Waals surface area contributed by atoms with E-state index in [4.69, 9.17) is 5.41 Å². The average Bonchev–Trinajstić information content (AvgIpc) is 2.90. The van der Waals surface area contributed by atoms with Gasteiger partial charge in [-0.25, -0.2) is 0 Å². The van der Waals surface area contributed by atoms with Crippen molar-refractivity contribution in [1.29, 1.82) is 5.41 Å². The second-order valence-corrected chi connectivity index (χ2v) is 8.63. The number of amides is 1. The van der Waals surface area contributed by atoms with Gasteiger partial charge >= 0.3 is 0 Å². The van der Waals surface area contributed by atoms with Crippen LogP contribution in [0.15, 0.2) is 0 Å². The molecule has 6 rings (SSSR count). The van der Waals surface area contributed by atoms with Crippen molar-refractivity contribution in [3.8, 4) is 0 Å². The van der Waals surface area contributed by atoms with Crippen molar-refractivity contribution in [3.63, 3.8) is 0 Å². The van der Waals surface area contributed by atoms with Gasteiger partial charge in [0.25, 0.3) is 0 Å². The Hall–Kier alpha value is -1.10. The van der Waals surface area contributed by atoms with Crippen LogP contribution in [0.4, 0.5) is 0 Å². The first kappa shape index (κ1) is 13.3. The number of amidine groups is 1. The number of hydrogen-bond acceptors (Lipinski definition) is 3. The zero-order valence-electron chi connectivity index (χ0n) is 13.1. The Morgan fingerprint density at radius 3 is 2.59 bits per heavy atom. The van der Waals surface area contributed by atoms with Crippen molar-refractivity contribution < 1.29 is 9.90 Å². The van der Waals surface area contributed by atoms with Gasteiger partial charge in [0, 0.05) is 12.1 Å². The van der Waals surface area contributed by atoms with Gasteiger partial charge in [0.05, 0.1) is 18.2 Å². The molecule has 22 heavy (non-hydrogen) atoms. The van der Waals surface area contributed by atoms with Gasteiger partial charge < -0.3 is 14.9 Å². The first-order valence-corrected chi connectivity index (χ1v) is 8.86. The lowest BCUT2D eigenvalue weighted by Crippen LogP contribution is -2.71. The van der Waals surface area contributed by atoms with Crippen LogP contribution in [0.3, 0.4) is 0 Å². The zero-order valence-corrected chi connectivity index (χ0v) is 13.1. The predicted octanol–water partition coefficient (Wildman–Crippen LogP) is 1.35. The van der Waals surface area contributed by atoms with Gasteiger partial charge in [0.2, 0.25) is 5.91 Å². The minimum atomic E-state index is -0.528. The van der Waals surface area contributed by atoms with Crippen LogP contribution in [-0.2, 0) is 4.79 Å². The van der Waals surface area contributed by atoms with E-state index in [9.17, 15) is 9.90 Å². The number of carbonyl (C=O) groups excluding carboxylic acids is 1. The van der Waals surface area contributed by atoms with E-state index in [0.717, 1.165) is 51.5 Å². The molecule has 6 fully saturated rings. The summed E-state index contributed by atoms with van der Waals surface area (Å²) in [5.41, 5.74) is -0.638. The van der Waals surface area contributed by atoms with Gasteiger partial charge in [-0.05, 0) is 63.2 Å². The maximum atomic E-state index is 12.5. The quantitative estimate of drug-likeness (QED) is 0.768. The fourth-order valence-corrected chi connectivity index (χ4v) is 6.75. The van der Waals surface area contributed by atoms with Gasteiger partial charge in [-0.3, -0.25) is 10.2 Å². The molecule has 0 aromatic heterocycles. The molecule has 120 valence electrons. The molecule has 0 spiro atoms. The molecule has 4 bridgehead atoms. The maximum absolute atomic E-state index is 12.5. The summed E-state index contributed by atoms with van der Waals surface area (Å²) in [6.45, 7) is 1.19. The van der Waals surface area contributed by atoms with Crippen molar-refractivity contribution in [1.82, 2.24) is 9.80 Å². The van der Waals surface area contributed by atoms with Gasteiger partial charge in [0.1, 0.15) is 5.84 Å². The van der Waals surface area contributed by atoms with E-state index in [1.807, 2.05) is 4.90 Å². The molecular formula is C17H25N3O2. The molecule has 0 aromatic rings. The van der Waals surface area contributed by atoms with E-state index in [0.29, 0.717) is 24.2 Å². The molecule has 4 saturated carbocycles. The third-order valence-electron chi connectivity index (χ3n) is 7.04. The van der Waals surface area contributed by atoms with E-state index in [1.165, 1.54) is 6.42 Å². The Bertz CT molecular complexity index is 546. The Morgan fingerprint density at radius 1 is 1.18 bits per heavy atom. The van der Waals surface area contributed by atoms with Crippen LogP contribution >= 0.6 is 0 Å². The van der Waals surface area contributed by atoms with Crippen molar-refractivity contribution in [2.75, 3.05) is 13.1 Å². The van der Waals surface area contributed by atoms with Gasteiger partial charge in [-0.2, -0.15) is 0 Å². The minimum Gasteiger partial charge on any atom is -0.390 e. The first-order valence-electron chi connectivity index (χ1n) is 8.86. The lowest BCUT2D eigenvalue weighted by molar-refractivity contribution is -0.170. The molecule has 2 heterocycles. The predicted molar refractivity (Wildman–Crippen MR) is 81.5 cm³/mol. The summed E-state index contributed by atoms with van der Waals surface area (Å²) >= 11 is 0. The van der Waals surface area contributed by atoms with Crippen LogP contribution in [0.5, 0.6) is 0 Å². The number of aliphatic hydroxyl groups is 1. The smallest absolute Gasteiger partial charge is 0.242 e. The van der Waals surface area contributed by atoms with E-state index in [-0.39, 0.29) is 17.5 Å². The minimum absolute atomic E-state index is 0.00361. The maximum Gasteiger partial charge on any atom is 0.242 e. The molecule has 5 heteroatoms. The number of rotatable bonds is 1. The van der Waals surface area contributed by atoms with Crippen molar-refractivity contribution >= 4 is 11.7 Å². The van der Waals surface area contributed by atoms with Crippen molar-refractivity contribution in [2.45, 2.75) is 68.5 Å². The highest BCUT2D eigenvalue weighted by molar-refractivity contribution is 5.97. The Kier molecular flexibility index (Phi) is 2.46. The molecule has 0 radical (unpaired) electrons. The standard InChI is InChI=1S/C17H25N3O2/c18-15-13-2-1-3-19(13)14(21)9-20(15)16-5-11-4-12(6-16)8-17(22,7-11)10-16/h11-13,18,22H,1-10H2/t11-,12+,13-,16?,17?/m0/s1. The van der Waals surface area contributed by atoms with E-state index in [1.54, 1.807) is 0 Å². The fourth-order valence-electron chi connectivity index (χ4n) is 6.75. The largest absolute Gasteiger partial charge is 0.390 e. The SMILES string of the molecule is N=C1[C@@H]2CCCN2C(=O)CN1C12C[C@@H]3C[C@@H](CC(O)(C3)C1)C2. The molecule has 1 amide bonds. The highest BCUT2D eigenvalue weighted by Crippen LogP contribution is 2.59. The number of hydrogen-bond donors (Lipinski definition) is 2. The Morgan fingerprint density at radius 2 is 1.91 bits per heavy atom. The summed E-state index contributed by atoms with van der Waals surface area (Å²) < 4.78 is 0. The average molecular weight is 303 g/mol. The van der Waals surface area contributed by atoms with Crippen LogP contribution in [-0.4, -0.2) is 56.9 Å². The van der Waals surface area contributed by atoms with Crippen molar-refractivity contribution in [3.05, 3.63) is 0 Å². The lowest BCUT2D eigenvalue weighted by atomic mass is 9.50. The third-order valence-corrected chi connectivity index (χ3v) is 7.04. The van der Waals surface area contributed by atoms with Gasteiger partial charge in [-0.15, -0.1) is 0 Å². The highest BCUT2D eigenvalue weighted by atomic mass is 16.3. The van der Waals surface area contributed by atoms with Crippen molar-refractivity contribution in [2.24, 2.45) is 11.8 Å². The number of piperazine rings is 1. The molecule has 2 N–H and O–H groups in total. The summed E-state index contributed by atoms with van der Waals surface area (Å²) in [5, 5.41) is 19.7.